The highest BCUT2D eigenvalue weighted by molar-refractivity contribution is 6.35. The Labute approximate surface area is 117 Å². The predicted molar refractivity (Wildman–Crippen MR) is 74.5 cm³/mol. The van der Waals surface area contributed by atoms with E-state index in [0.29, 0.717) is 16.6 Å². The lowest BCUT2D eigenvalue weighted by atomic mass is 10.1. The van der Waals surface area contributed by atoms with Gasteiger partial charge in [0.25, 0.3) is 0 Å². The van der Waals surface area contributed by atoms with Gasteiger partial charge in [-0.15, -0.1) is 0 Å². The van der Waals surface area contributed by atoms with Crippen molar-refractivity contribution in [3.05, 3.63) is 33.8 Å². The molecule has 0 saturated heterocycles. The van der Waals surface area contributed by atoms with Crippen molar-refractivity contribution in [3.8, 4) is 0 Å². The van der Waals surface area contributed by atoms with Gasteiger partial charge in [0, 0.05) is 10.0 Å². The van der Waals surface area contributed by atoms with Crippen molar-refractivity contribution in [2.24, 2.45) is 0 Å². The fourth-order valence-electron chi connectivity index (χ4n) is 1.66. The van der Waals surface area contributed by atoms with Gasteiger partial charge < -0.3 is 5.11 Å². The number of halogens is 2. The molecule has 0 radical (unpaired) electrons. The second-order valence-electron chi connectivity index (χ2n) is 4.30. The van der Waals surface area contributed by atoms with Crippen molar-refractivity contribution >= 4 is 29.2 Å². The van der Waals surface area contributed by atoms with Gasteiger partial charge >= 0.3 is 5.97 Å². The summed E-state index contributed by atoms with van der Waals surface area (Å²) in [4.78, 5) is 12.6. The highest BCUT2D eigenvalue weighted by Gasteiger charge is 2.16. The third-order valence-corrected chi connectivity index (χ3v) is 3.73. The van der Waals surface area contributed by atoms with Crippen LogP contribution in [0.2, 0.25) is 10.0 Å². The maximum atomic E-state index is 10.8. The van der Waals surface area contributed by atoms with Crippen molar-refractivity contribution in [1.82, 2.24) is 4.90 Å². The molecule has 0 spiro atoms. The van der Waals surface area contributed by atoms with Crippen LogP contribution in [-0.4, -0.2) is 35.6 Å². The van der Waals surface area contributed by atoms with Gasteiger partial charge in [-0.3, -0.25) is 9.69 Å². The summed E-state index contributed by atoms with van der Waals surface area (Å²) in [5, 5.41) is 10.2. The minimum atomic E-state index is -0.812. The molecule has 0 heterocycles. The van der Waals surface area contributed by atoms with Crippen molar-refractivity contribution in [1.29, 1.82) is 0 Å². The Kier molecular flexibility index (Phi) is 5.93. The van der Waals surface area contributed by atoms with Crippen LogP contribution in [0.25, 0.3) is 0 Å². The number of rotatable bonds is 6. The van der Waals surface area contributed by atoms with E-state index in [2.05, 4.69) is 0 Å². The topological polar surface area (TPSA) is 40.5 Å². The Bertz CT molecular complexity index is 403. The molecule has 1 atom stereocenters. The highest BCUT2D eigenvalue weighted by Crippen LogP contribution is 2.25. The first-order valence-electron chi connectivity index (χ1n) is 5.79. The zero-order valence-corrected chi connectivity index (χ0v) is 12.0. The molecule has 0 bridgehead atoms. The fraction of sp³-hybridized carbons (Fsp3) is 0.462. The van der Waals surface area contributed by atoms with Crippen LogP contribution in [-0.2, 0) is 11.2 Å². The monoisotopic (exact) mass is 289 g/mol. The molecule has 0 saturated carbocycles. The molecule has 1 N–H and O–H groups in total. The van der Waals surface area contributed by atoms with Crippen molar-refractivity contribution in [2.75, 3.05) is 13.6 Å². The smallest absolute Gasteiger partial charge is 0.320 e. The average molecular weight is 290 g/mol. The van der Waals surface area contributed by atoms with E-state index in [1.165, 1.54) is 0 Å². The molecular formula is C13H17Cl2NO2. The minimum absolute atomic E-state index is 0.480. The molecule has 0 amide bonds. The number of aliphatic carboxylic acids is 1. The number of nitrogens with zero attached hydrogens (tertiary/aromatic N) is 1. The number of hydrogen-bond acceptors (Lipinski definition) is 2. The molecule has 5 heteroatoms. The number of likely N-dealkylation sites (N-methyl/N-ethyl adjacent to an activating group) is 1. The Morgan fingerprint density at radius 1 is 1.39 bits per heavy atom. The Balaban J connectivity index is 2.49. The van der Waals surface area contributed by atoms with Crippen molar-refractivity contribution in [2.45, 2.75) is 25.8 Å². The van der Waals surface area contributed by atoms with Crippen LogP contribution in [0.5, 0.6) is 0 Å². The molecule has 3 nitrogen and oxygen atoms in total. The molecule has 1 unspecified atom stereocenters. The third kappa shape index (κ3) is 4.16. The summed E-state index contributed by atoms with van der Waals surface area (Å²) in [6.07, 6.45) is 1.56. The highest BCUT2D eigenvalue weighted by atomic mass is 35.5. The molecule has 1 aromatic rings. The van der Waals surface area contributed by atoms with Crippen LogP contribution in [0.3, 0.4) is 0 Å². The second-order valence-corrected chi connectivity index (χ2v) is 5.11. The van der Waals surface area contributed by atoms with Gasteiger partial charge in [0.1, 0.15) is 6.04 Å². The van der Waals surface area contributed by atoms with Crippen LogP contribution >= 0.6 is 23.2 Å². The third-order valence-electron chi connectivity index (χ3n) is 3.02. The predicted octanol–water partition coefficient (Wildman–Crippen LogP) is 3.33. The molecule has 0 fully saturated rings. The number of hydrogen-bond donors (Lipinski definition) is 1. The van der Waals surface area contributed by atoms with Gasteiger partial charge in [0.2, 0.25) is 0 Å². The standard InChI is InChI=1S/C13H17Cl2NO2/c1-9(13(17)18)16(2)8-4-5-10-11(14)6-3-7-12(10)15/h3,6-7,9H,4-5,8H2,1-2H3,(H,17,18). The number of carbonyl (C=O) groups is 1. The van der Waals surface area contributed by atoms with Crippen LogP contribution in [0.15, 0.2) is 18.2 Å². The maximum absolute atomic E-state index is 10.8. The second kappa shape index (κ2) is 6.98. The largest absolute Gasteiger partial charge is 0.480 e. The van der Waals surface area contributed by atoms with Crippen LogP contribution in [0, 0.1) is 0 Å². The van der Waals surface area contributed by atoms with Crippen molar-refractivity contribution in [3.63, 3.8) is 0 Å². The summed E-state index contributed by atoms with van der Waals surface area (Å²) >= 11 is 12.1. The maximum Gasteiger partial charge on any atom is 0.320 e. The number of carboxylic acid groups (broad SMARTS) is 1. The Hall–Kier alpha value is -0.770. The van der Waals surface area contributed by atoms with Gasteiger partial charge in [-0.25, -0.2) is 0 Å². The van der Waals surface area contributed by atoms with Gasteiger partial charge in [0.15, 0.2) is 0 Å². The molecule has 0 aliphatic rings. The summed E-state index contributed by atoms with van der Waals surface area (Å²) in [7, 11) is 1.80. The first-order valence-corrected chi connectivity index (χ1v) is 6.55. The van der Waals surface area contributed by atoms with E-state index in [4.69, 9.17) is 28.3 Å². The molecule has 0 aromatic heterocycles. The van der Waals surface area contributed by atoms with E-state index in [1.54, 1.807) is 18.9 Å². The molecule has 100 valence electrons. The lowest BCUT2D eigenvalue weighted by Gasteiger charge is -2.21. The quantitative estimate of drug-likeness (QED) is 0.873. The normalized spacial score (nSPS) is 12.7. The fourth-order valence-corrected chi connectivity index (χ4v) is 2.25. The molecule has 1 rings (SSSR count). The Morgan fingerprint density at radius 2 is 1.94 bits per heavy atom. The van der Waals surface area contributed by atoms with E-state index in [9.17, 15) is 4.79 Å². The van der Waals surface area contributed by atoms with Crippen LogP contribution in [0.4, 0.5) is 0 Å². The summed E-state index contributed by atoms with van der Waals surface area (Å²) in [5.41, 5.74) is 0.928. The van der Waals surface area contributed by atoms with Gasteiger partial charge in [-0.05, 0) is 51.1 Å². The lowest BCUT2D eigenvalue weighted by molar-refractivity contribution is -0.142. The Morgan fingerprint density at radius 3 is 2.44 bits per heavy atom. The zero-order chi connectivity index (χ0) is 13.7. The number of benzene rings is 1. The minimum Gasteiger partial charge on any atom is -0.480 e. The van der Waals surface area contributed by atoms with Gasteiger partial charge in [-0.1, -0.05) is 29.3 Å². The molecular weight excluding hydrogens is 273 g/mol. The van der Waals surface area contributed by atoms with E-state index in [1.807, 2.05) is 18.2 Å². The molecule has 18 heavy (non-hydrogen) atoms. The lowest BCUT2D eigenvalue weighted by Crippen LogP contribution is -2.36. The van der Waals surface area contributed by atoms with E-state index in [0.717, 1.165) is 18.4 Å². The van der Waals surface area contributed by atoms with E-state index in [-0.39, 0.29) is 0 Å². The first-order chi connectivity index (χ1) is 8.43. The first kappa shape index (κ1) is 15.3. The average Bonchev–Trinajstić information content (AvgIpc) is 2.31. The van der Waals surface area contributed by atoms with E-state index >= 15 is 0 Å². The van der Waals surface area contributed by atoms with Gasteiger partial charge in [-0.2, -0.15) is 0 Å². The van der Waals surface area contributed by atoms with Crippen LogP contribution < -0.4 is 0 Å². The SMILES string of the molecule is CC(C(=O)O)N(C)CCCc1c(Cl)cccc1Cl. The summed E-state index contributed by atoms with van der Waals surface area (Å²) in [6.45, 7) is 2.36. The number of carboxylic acids is 1. The summed E-state index contributed by atoms with van der Waals surface area (Å²) in [5.74, 6) is -0.812. The molecule has 0 aliphatic heterocycles. The van der Waals surface area contributed by atoms with Crippen molar-refractivity contribution < 1.29 is 9.90 Å². The summed E-state index contributed by atoms with van der Waals surface area (Å²) < 4.78 is 0. The zero-order valence-electron chi connectivity index (χ0n) is 10.5. The molecule has 1 aromatic carbocycles. The van der Waals surface area contributed by atoms with Crippen LogP contribution in [0.1, 0.15) is 18.9 Å². The van der Waals surface area contributed by atoms with E-state index < -0.39 is 12.0 Å². The molecule has 0 aliphatic carbocycles. The van der Waals surface area contributed by atoms with Gasteiger partial charge in [0.05, 0.1) is 0 Å². The summed E-state index contributed by atoms with van der Waals surface area (Å²) in [6, 6.07) is 4.96.